The lowest BCUT2D eigenvalue weighted by Crippen LogP contribution is -2.67. The summed E-state index contributed by atoms with van der Waals surface area (Å²) in [6, 6.07) is 0. The standard InChI is InChI=1S/C12H20N6/c1-2-8-3-9-11(7-13,6-12(9,14)4-8)5-10-15-17-18-16-10/h3,9H,2,4-7,13-14H2,1H3,(H,15,16,17,18)/t9-,11-,12-/m0/s1. The molecule has 0 spiro atoms. The van der Waals surface area contributed by atoms with Gasteiger partial charge in [0.1, 0.15) is 0 Å². The summed E-state index contributed by atoms with van der Waals surface area (Å²) in [6.07, 6.45) is 6.16. The zero-order valence-electron chi connectivity index (χ0n) is 10.7. The van der Waals surface area contributed by atoms with Crippen molar-refractivity contribution in [2.24, 2.45) is 22.8 Å². The predicted molar refractivity (Wildman–Crippen MR) is 67.4 cm³/mol. The van der Waals surface area contributed by atoms with Crippen LogP contribution in [0.1, 0.15) is 32.0 Å². The number of rotatable bonds is 4. The van der Waals surface area contributed by atoms with Crippen LogP contribution in [0.2, 0.25) is 0 Å². The van der Waals surface area contributed by atoms with Crippen molar-refractivity contribution in [2.75, 3.05) is 6.54 Å². The SMILES string of the molecule is CCC1=C[C@@H]2[C@](N)(C1)C[C@]2(CN)Cc1nn[nH]n1. The Labute approximate surface area is 106 Å². The molecular formula is C12H20N6. The summed E-state index contributed by atoms with van der Waals surface area (Å²) in [5, 5.41) is 14.2. The third-order valence-electron chi connectivity index (χ3n) is 4.68. The van der Waals surface area contributed by atoms with Crippen LogP contribution in [0.15, 0.2) is 11.6 Å². The average molecular weight is 248 g/mol. The maximum atomic E-state index is 6.48. The maximum absolute atomic E-state index is 6.48. The minimum Gasteiger partial charge on any atom is -0.330 e. The van der Waals surface area contributed by atoms with E-state index in [0.717, 1.165) is 31.5 Å². The van der Waals surface area contributed by atoms with E-state index in [4.69, 9.17) is 11.5 Å². The molecule has 2 aliphatic rings. The van der Waals surface area contributed by atoms with Crippen LogP contribution in [0.25, 0.3) is 0 Å². The Morgan fingerprint density at radius 1 is 1.56 bits per heavy atom. The molecule has 0 aliphatic heterocycles. The smallest absolute Gasteiger partial charge is 0.175 e. The van der Waals surface area contributed by atoms with Crippen LogP contribution in [0.5, 0.6) is 0 Å². The van der Waals surface area contributed by atoms with Gasteiger partial charge in [-0.25, -0.2) is 0 Å². The van der Waals surface area contributed by atoms with Crippen LogP contribution >= 0.6 is 0 Å². The highest BCUT2D eigenvalue weighted by atomic mass is 15.5. The Balaban J connectivity index is 1.84. The molecular weight excluding hydrogens is 228 g/mol. The largest absolute Gasteiger partial charge is 0.330 e. The van der Waals surface area contributed by atoms with Gasteiger partial charge in [0.25, 0.3) is 0 Å². The van der Waals surface area contributed by atoms with Crippen molar-refractivity contribution in [1.29, 1.82) is 0 Å². The molecule has 0 radical (unpaired) electrons. The highest BCUT2D eigenvalue weighted by Crippen LogP contribution is 2.60. The van der Waals surface area contributed by atoms with Gasteiger partial charge in [-0.3, -0.25) is 0 Å². The second-order valence-corrected chi connectivity index (χ2v) is 5.81. The van der Waals surface area contributed by atoms with Gasteiger partial charge in [0, 0.05) is 17.9 Å². The molecule has 1 fully saturated rings. The minimum absolute atomic E-state index is 0.0234. The number of hydrogen-bond donors (Lipinski definition) is 3. The molecule has 0 unspecified atom stereocenters. The van der Waals surface area contributed by atoms with Gasteiger partial charge in [0.2, 0.25) is 0 Å². The fourth-order valence-corrected chi connectivity index (χ4v) is 3.85. The highest BCUT2D eigenvalue weighted by Gasteiger charge is 2.62. The van der Waals surface area contributed by atoms with Crippen LogP contribution < -0.4 is 11.5 Å². The lowest BCUT2D eigenvalue weighted by Gasteiger charge is -2.58. The number of nitrogens with zero attached hydrogens (tertiary/aromatic N) is 3. The third kappa shape index (κ3) is 1.52. The number of fused-ring (bicyclic) bond motifs is 1. The Kier molecular flexibility index (Phi) is 2.53. The van der Waals surface area contributed by atoms with Crippen LogP contribution in [0.3, 0.4) is 0 Å². The van der Waals surface area contributed by atoms with E-state index in [9.17, 15) is 0 Å². The molecule has 3 atom stereocenters. The first-order valence-corrected chi connectivity index (χ1v) is 6.53. The molecule has 1 heterocycles. The molecule has 1 aromatic rings. The second kappa shape index (κ2) is 3.86. The van der Waals surface area contributed by atoms with E-state index < -0.39 is 0 Å². The van der Waals surface area contributed by atoms with Crippen LogP contribution in [0, 0.1) is 11.3 Å². The van der Waals surface area contributed by atoms with Crippen LogP contribution in [0.4, 0.5) is 0 Å². The number of tetrazole rings is 1. The first kappa shape index (κ1) is 11.8. The summed E-state index contributed by atoms with van der Waals surface area (Å²) in [5.74, 6) is 1.10. The van der Waals surface area contributed by atoms with Gasteiger partial charge in [-0.05, 0) is 31.2 Å². The topological polar surface area (TPSA) is 107 Å². The first-order valence-electron chi connectivity index (χ1n) is 6.53. The molecule has 6 nitrogen and oxygen atoms in total. The Hall–Kier alpha value is -1.27. The molecule has 5 N–H and O–H groups in total. The molecule has 3 rings (SSSR count). The van der Waals surface area contributed by atoms with E-state index in [0.29, 0.717) is 12.5 Å². The van der Waals surface area contributed by atoms with Crippen molar-refractivity contribution in [3.63, 3.8) is 0 Å². The number of H-pyrrole nitrogens is 1. The summed E-state index contributed by atoms with van der Waals surface area (Å²) >= 11 is 0. The van der Waals surface area contributed by atoms with Crippen LogP contribution in [-0.4, -0.2) is 32.7 Å². The van der Waals surface area contributed by atoms with Gasteiger partial charge < -0.3 is 11.5 Å². The molecule has 18 heavy (non-hydrogen) atoms. The van der Waals surface area contributed by atoms with Crippen molar-refractivity contribution in [3.05, 3.63) is 17.5 Å². The van der Waals surface area contributed by atoms with Gasteiger partial charge in [0.15, 0.2) is 5.82 Å². The van der Waals surface area contributed by atoms with Crippen LogP contribution in [-0.2, 0) is 6.42 Å². The van der Waals surface area contributed by atoms with E-state index in [-0.39, 0.29) is 11.0 Å². The molecule has 0 saturated heterocycles. The minimum atomic E-state index is -0.0750. The first-order chi connectivity index (χ1) is 8.62. The fourth-order valence-electron chi connectivity index (χ4n) is 3.85. The molecule has 1 saturated carbocycles. The van der Waals surface area contributed by atoms with Gasteiger partial charge in [-0.15, -0.1) is 10.2 Å². The number of hydrogen-bond acceptors (Lipinski definition) is 5. The number of aromatic amines is 1. The molecule has 1 aromatic heterocycles. The van der Waals surface area contributed by atoms with Crippen molar-refractivity contribution >= 4 is 0 Å². The number of aromatic nitrogens is 4. The molecule has 2 aliphatic carbocycles. The summed E-state index contributed by atoms with van der Waals surface area (Å²) in [7, 11) is 0. The Morgan fingerprint density at radius 3 is 3.00 bits per heavy atom. The van der Waals surface area contributed by atoms with Crippen molar-refractivity contribution in [3.8, 4) is 0 Å². The van der Waals surface area contributed by atoms with Crippen molar-refractivity contribution < 1.29 is 0 Å². The molecule has 0 amide bonds. The Bertz CT molecular complexity index is 467. The van der Waals surface area contributed by atoms with E-state index in [1.54, 1.807) is 0 Å². The molecule has 98 valence electrons. The van der Waals surface area contributed by atoms with E-state index in [2.05, 4.69) is 33.6 Å². The highest BCUT2D eigenvalue weighted by molar-refractivity contribution is 5.33. The van der Waals surface area contributed by atoms with E-state index >= 15 is 0 Å². The Morgan fingerprint density at radius 2 is 2.39 bits per heavy atom. The number of nitrogens with two attached hydrogens (primary N) is 2. The zero-order valence-corrected chi connectivity index (χ0v) is 10.7. The maximum Gasteiger partial charge on any atom is 0.175 e. The molecule has 0 bridgehead atoms. The summed E-state index contributed by atoms with van der Waals surface area (Å²) in [6.45, 7) is 2.81. The fraction of sp³-hybridized carbons (Fsp3) is 0.750. The van der Waals surface area contributed by atoms with E-state index in [1.165, 1.54) is 5.57 Å². The van der Waals surface area contributed by atoms with Gasteiger partial charge in [0.05, 0.1) is 0 Å². The van der Waals surface area contributed by atoms with Crippen molar-refractivity contribution in [2.45, 2.75) is 38.1 Å². The predicted octanol–water partition coefficient (Wildman–Crippen LogP) is 0.145. The molecule has 0 aromatic carbocycles. The quantitative estimate of drug-likeness (QED) is 0.657. The average Bonchev–Trinajstić information content (AvgIpc) is 2.94. The zero-order chi connectivity index (χ0) is 12.8. The normalized spacial score (nSPS) is 38.2. The summed E-state index contributed by atoms with van der Waals surface area (Å²) < 4.78 is 0. The summed E-state index contributed by atoms with van der Waals surface area (Å²) in [4.78, 5) is 0. The lowest BCUT2D eigenvalue weighted by atomic mass is 9.49. The second-order valence-electron chi connectivity index (χ2n) is 5.81. The van der Waals surface area contributed by atoms with E-state index in [1.807, 2.05) is 0 Å². The van der Waals surface area contributed by atoms with Crippen molar-refractivity contribution in [1.82, 2.24) is 20.6 Å². The third-order valence-corrected chi connectivity index (χ3v) is 4.68. The van der Waals surface area contributed by atoms with Gasteiger partial charge in [-0.2, -0.15) is 5.21 Å². The summed E-state index contributed by atoms with van der Waals surface area (Å²) in [5.41, 5.74) is 13.9. The van der Waals surface area contributed by atoms with Gasteiger partial charge >= 0.3 is 0 Å². The van der Waals surface area contributed by atoms with Gasteiger partial charge in [-0.1, -0.05) is 23.8 Å². The lowest BCUT2D eigenvalue weighted by molar-refractivity contribution is -0.0180. The number of nitrogens with one attached hydrogen (secondary N) is 1. The monoisotopic (exact) mass is 248 g/mol. The molecule has 6 heteroatoms.